The van der Waals surface area contributed by atoms with E-state index in [0.29, 0.717) is 5.75 Å². The van der Waals surface area contributed by atoms with Gasteiger partial charge < -0.3 is 50.9 Å². The zero-order valence-electron chi connectivity index (χ0n) is 30.2. The first-order valence-electron chi connectivity index (χ1n) is 16.7. The highest BCUT2D eigenvalue weighted by Crippen LogP contribution is 2.61. The van der Waals surface area contributed by atoms with Crippen molar-refractivity contribution < 1.29 is 80.5 Å². The molecular formula is C29H42N7O17P3S. The number of phosphoric ester groups is 3. The van der Waals surface area contributed by atoms with E-state index in [9.17, 15) is 57.9 Å². The van der Waals surface area contributed by atoms with E-state index in [1.165, 1.54) is 13.8 Å². The number of rotatable bonds is 21. The van der Waals surface area contributed by atoms with Gasteiger partial charge in [-0.15, -0.1) is 0 Å². The fraction of sp³-hybridized carbons (Fsp3) is 0.517. The summed E-state index contributed by atoms with van der Waals surface area (Å²) in [6, 6.07) is 9.16. The molecule has 0 aliphatic carbocycles. The molecule has 4 rings (SSSR count). The molecule has 24 nitrogen and oxygen atoms in total. The third kappa shape index (κ3) is 13.9. The van der Waals surface area contributed by atoms with Gasteiger partial charge in [0.05, 0.1) is 19.5 Å². The van der Waals surface area contributed by atoms with Crippen molar-refractivity contribution in [2.75, 3.05) is 37.8 Å². The second kappa shape index (κ2) is 19.7. The Kier molecular flexibility index (Phi) is 16.1. The van der Waals surface area contributed by atoms with E-state index in [0.717, 1.165) is 34.5 Å². The number of nitrogens with one attached hydrogen (secondary N) is 2. The van der Waals surface area contributed by atoms with Crippen molar-refractivity contribution in [3.8, 4) is 0 Å². The van der Waals surface area contributed by atoms with Gasteiger partial charge in [0, 0.05) is 37.1 Å². The number of aliphatic hydroxyl groups is 2. The third-order valence-electron chi connectivity index (χ3n) is 7.96. The number of hydrogen-bond donors (Lipinski definition) is 9. The number of benzene rings is 1. The minimum atomic E-state index is -5.57. The summed E-state index contributed by atoms with van der Waals surface area (Å²) >= 11 is 1.07. The number of carbonyl (C=O) groups excluding carboxylic acids is 3. The minimum absolute atomic E-state index is 0.0296. The first-order valence-corrected chi connectivity index (χ1v) is 22.2. The molecule has 1 fully saturated rings. The average Bonchev–Trinajstić information content (AvgIpc) is 3.68. The predicted molar refractivity (Wildman–Crippen MR) is 197 cm³/mol. The molecule has 1 aliphatic heterocycles. The summed E-state index contributed by atoms with van der Waals surface area (Å²) in [5.74, 6) is -1.13. The van der Waals surface area contributed by atoms with E-state index in [2.05, 4.69) is 34.4 Å². The summed E-state index contributed by atoms with van der Waals surface area (Å²) in [4.78, 5) is 87.7. The van der Waals surface area contributed by atoms with Gasteiger partial charge in [-0.25, -0.2) is 28.6 Å². The van der Waals surface area contributed by atoms with Crippen LogP contribution in [-0.4, -0.2) is 123 Å². The fourth-order valence-electron chi connectivity index (χ4n) is 5.11. The number of fused-ring (bicyclic) bond motifs is 1. The van der Waals surface area contributed by atoms with Crippen LogP contribution in [0.2, 0.25) is 0 Å². The van der Waals surface area contributed by atoms with Crippen LogP contribution in [0.25, 0.3) is 11.2 Å². The number of nitrogens with two attached hydrogens (primary N) is 1. The molecule has 0 spiro atoms. The lowest BCUT2D eigenvalue weighted by Gasteiger charge is -2.30. The molecule has 3 heterocycles. The largest absolute Gasteiger partial charge is 0.481 e. The Morgan fingerprint density at radius 3 is 2.39 bits per heavy atom. The predicted octanol–water partition coefficient (Wildman–Crippen LogP) is -0.0926. The topological polar surface area (TPSA) is 364 Å². The van der Waals surface area contributed by atoms with Crippen LogP contribution < -0.4 is 16.4 Å². The number of thioether (sulfide) groups is 1. The minimum Gasteiger partial charge on any atom is -0.386 e. The highest BCUT2D eigenvalue weighted by atomic mass is 32.2. The molecule has 1 aromatic carbocycles. The summed E-state index contributed by atoms with van der Waals surface area (Å²) in [5.41, 5.74) is 5.13. The summed E-state index contributed by atoms with van der Waals surface area (Å²) in [6.45, 7) is 0.475. The van der Waals surface area contributed by atoms with E-state index >= 15 is 0 Å². The maximum Gasteiger partial charge on any atom is 0.481 e. The third-order valence-corrected chi connectivity index (χ3v) is 11.9. The van der Waals surface area contributed by atoms with Crippen LogP contribution in [0.1, 0.15) is 32.1 Å². The zero-order chi connectivity index (χ0) is 42.2. The van der Waals surface area contributed by atoms with Gasteiger partial charge >= 0.3 is 23.5 Å². The van der Waals surface area contributed by atoms with Crippen molar-refractivity contribution in [1.29, 1.82) is 0 Å². The highest BCUT2D eigenvalue weighted by Gasteiger charge is 2.50. The number of aromatic nitrogens is 4. The first-order chi connectivity index (χ1) is 26.6. The van der Waals surface area contributed by atoms with Crippen LogP contribution in [0, 0.1) is 5.41 Å². The number of carbonyl (C=O) groups is 3. The van der Waals surface area contributed by atoms with E-state index < -0.39 is 84.6 Å². The standard InChI is InChI=1S/C29H42N7O17P3S/c1-29(2,24(40)27(41)32-9-8-19(37)31-10-11-57-20(38)12-17-6-4-3-5-7-17)14-50-56(47,48)53-55(45,46)49-13-18-23(52-54(42,43)44)22(39)28(51-18)36-16-35-21-25(30)33-15-34-26(21)36/h3-7,15-16,18,22-24,28,39-40H,8-14H2,1-2H3,(H,31,37)(H,32,41)(H,45,46)(H,47,48)(H2,30,33,34)(H2,42,43,44)/t18-,22-,23-,24+,28-/m1/s1. The molecule has 7 atom stereocenters. The van der Waals surface area contributed by atoms with Gasteiger partial charge in [-0.05, 0) is 5.56 Å². The van der Waals surface area contributed by atoms with E-state index in [1.807, 2.05) is 30.3 Å². The van der Waals surface area contributed by atoms with Crippen molar-refractivity contribution in [2.45, 2.75) is 57.3 Å². The van der Waals surface area contributed by atoms with Gasteiger partial charge in [-0.2, -0.15) is 4.31 Å². The van der Waals surface area contributed by atoms with Crippen LogP contribution in [-0.2, 0) is 57.1 Å². The number of aliphatic hydroxyl groups excluding tert-OH is 2. The number of nitrogen functional groups attached to an aromatic ring is 1. The molecule has 3 aromatic rings. The maximum absolute atomic E-state index is 12.7. The Labute approximate surface area is 328 Å². The zero-order valence-corrected chi connectivity index (χ0v) is 33.7. The van der Waals surface area contributed by atoms with E-state index in [4.69, 9.17) is 19.5 Å². The Bertz CT molecular complexity index is 2020. The fourth-order valence-corrected chi connectivity index (χ4v) is 8.64. The lowest BCUT2D eigenvalue weighted by atomic mass is 9.87. The molecule has 57 heavy (non-hydrogen) atoms. The summed E-state index contributed by atoms with van der Waals surface area (Å²) in [6.07, 6.45) is -6.68. The Balaban J connectivity index is 1.22. The van der Waals surface area contributed by atoms with Crippen LogP contribution in [0.5, 0.6) is 0 Å². The molecule has 1 aliphatic rings. The number of anilines is 1. The molecule has 10 N–H and O–H groups in total. The average molecular weight is 886 g/mol. The SMILES string of the molecule is CC(C)(COP(=O)(O)OP(=O)(O)OC[C@H]1O[C@@H](n2cnc3c(N)ncnc32)[C@H](O)[C@@H]1OP(=O)(O)O)[C@@H](O)C(=O)NCCC(=O)NCCSC(=O)Cc1ccccc1. The molecule has 1 saturated heterocycles. The van der Waals surface area contributed by atoms with Gasteiger partial charge in [-0.1, -0.05) is 55.9 Å². The van der Waals surface area contributed by atoms with Crippen molar-refractivity contribution in [3.05, 3.63) is 48.5 Å². The first kappa shape index (κ1) is 46.5. The summed E-state index contributed by atoms with van der Waals surface area (Å²) in [5, 5.41) is 26.3. The maximum atomic E-state index is 12.7. The molecule has 2 unspecified atom stereocenters. The van der Waals surface area contributed by atoms with Crippen LogP contribution in [0.15, 0.2) is 43.0 Å². The number of imidazole rings is 1. The molecule has 28 heteroatoms. The van der Waals surface area contributed by atoms with Gasteiger partial charge in [0.15, 0.2) is 22.8 Å². The Morgan fingerprint density at radius 2 is 1.70 bits per heavy atom. The highest BCUT2D eigenvalue weighted by molar-refractivity contribution is 8.13. The van der Waals surface area contributed by atoms with Crippen molar-refractivity contribution >= 4 is 69.1 Å². The molecular weight excluding hydrogens is 843 g/mol. The van der Waals surface area contributed by atoms with Gasteiger partial charge in [0.2, 0.25) is 11.8 Å². The van der Waals surface area contributed by atoms with Crippen molar-refractivity contribution in [1.82, 2.24) is 30.2 Å². The Hall–Kier alpha value is -3.22. The quantitative estimate of drug-likeness (QED) is 0.0498. The molecule has 0 saturated carbocycles. The second-order valence-electron chi connectivity index (χ2n) is 13.0. The number of ether oxygens (including phenoxy) is 1. The lowest BCUT2D eigenvalue weighted by molar-refractivity contribution is -0.137. The summed E-state index contributed by atoms with van der Waals surface area (Å²) < 4.78 is 62.1. The van der Waals surface area contributed by atoms with Crippen LogP contribution >= 0.6 is 35.2 Å². The number of hydrogen-bond acceptors (Lipinski definition) is 18. The normalized spacial score (nSPS) is 21.4. The molecule has 2 amide bonds. The lowest BCUT2D eigenvalue weighted by Crippen LogP contribution is -2.46. The molecule has 2 aromatic heterocycles. The smallest absolute Gasteiger partial charge is 0.386 e. The number of amides is 2. The molecule has 0 radical (unpaired) electrons. The molecule has 316 valence electrons. The van der Waals surface area contributed by atoms with E-state index in [1.54, 1.807) is 0 Å². The second-order valence-corrected chi connectivity index (χ2v) is 18.3. The number of nitrogens with zero attached hydrogens (tertiary/aromatic N) is 4. The number of phosphoric acid groups is 3. The van der Waals surface area contributed by atoms with Crippen molar-refractivity contribution in [2.24, 2.45) is 5.41 Å². The van der Waals surface area contributed by atoms with Crippen LogP contribution in [0.4, 0.5) is 5.82 Å². The van der Waals surface area contributed by atoms with Gasteiger partial charge in [-0.3, -0.25) is 32.5 Å². The van der Waals surface area contributed by atoms with E-state index in [-0.39, 0.29) is 48.0 Å². The van der Waals surface area contributed by atoms with Crippen LogP contribution in [0.3, 0.4) is 0 Å². The van der Waals surface area contributed by atoms with Gasteiger partial charge in [0.1, 0.15) is 36.3 Å². The summed E-state index contributed by atoms with van der Waals surface area (Å²) in [7, 11) is -16.4. The monoisotopic (exact) mass is 885 g/mol. The Morgan fingerprint density at radius 1 is 1.02 bits per heavy atom. The van der Waals surface area contributed by atoms with Gasteiger partial charge in [0.25, 0.3) is 0 Å². The van der Waals surface area contributed by atoms with Crippen molar-refractivity contribution in [3.63, 3.8) is 0 Å². The molecule has 0 bridgehead atoms.